The zero-order chi connectivity index (χ0) is 21.8. The van der Waals surface area contributed by atoms with E-state index >= 15 is 0 Å². The smallest absolute Gasteiger partial charge is 0.435 e. The molecule has 0 radical (unpaired) electrons. The number of rotatable bonds is 5. The van der Waals surface area contributed by atoms with Gasteiger partial charge in [0.2, 0.25) is 0 Å². The molecule has 1 rings (SSSR count). The number of guanidine groups is 1. The number of alkyl halides is 3. The Morgan fingerprint density at radius 3 is 2.28 bits per heavy atom. The van der Waals surface area contributed by atoms with Gasteiger partial charge in [0.1, 0.15) is 5.60 Å². The molecule has 0 saturated carbocycles. The Bertz CT molecular complexity index is 711. The summed E-state index contributed by atoms with van der Waals surface area (Å²) in [6.07, 6.45) is -3.79. The minimum absolute atomic E-state index is 0. The van der Waals surface area contributed by atoms with E-state index in [0.29, 0.717) is 0 Å². The van der Waals surface area contributed by atoms with Crippen LogP contribution in [0.2, 0.25) is 0 Å². The number of alkyl carbamates (subject to hydrolysis) is 1. The highest BCUT2D eigenvalue weighted by Gasteiger charge is 2.36. The molecule has 12 heteroatoms. The summed E-state index contributed by atoms with van der Waals surface area (Å²) in [4.78, 5) is 15.9. The van der Waals surface area contributed by atoms with E-state index in [1.807, 2.05) is 0 Å². The van der Waals surface area contributed by atoms with Gasteiger partial charge in [-0.3, -0.25) is 9.67 Å². The van der Waals surface area contributed by atoms with E-state index in [1.54, 1.807) is 34.6 Å². The Hall–Kier alpha value is -1.73. The third kappa shape index (κ3) is 10.0. The second kappa shape index (κ2) is 10.3. The summed E-state index contributed by atoms with van der Waals surface area (Å²) >= 11 is 0. The van der Waals surface area contributed by atoms with Crippen molar-refractivity contribution in [2.24, 2.45) is 12.0 Å². The van der Waals surface area contributed by atoms with Crippen LogP contribution in [0.4, 0.5) is 18.0 Å². The third-order valence-electron chi connectivity index (χ3n) is 3.38. The molecule has 1 amide bonds. The maximum Gasteiger partial charge on any atom is 0.435 e. The maximum absolute atomic E-state index is 13.0. The Balaban J connectivity index is 0.00000784. The largest absolute Gasteiger partial charge is 0.444 e. The molecule has 1 aromatic heterocycles. The predicted molar refractivity (Wildman–Crippen MR) is 115 cm³/mol. The minimum atomic E-state index is -4.53. The zero-order valence-electron chi connectivity index (χ0n) is 17.7. The van der Waals surface area contributed by atoms with Gasteiger partial charge < -0.3 is 20.7 Å². The number of carbonyl (C=O) groups is 1. The second-order valence-corrected chi connectivity index (χ2v) is 7.96. The number of aliphatic imine (C=N–C) groups is 1. The number of hydrogen-bond donors (Lipinski definition) is 3. The quantitative estimate of drug-likeness (QED) is 0.307. The first-order chi connectivity index (χ1) is 12.6. The minimum Gasteiger partial charge on any atom is -0.444 e. The van der Waals surface area contributed by atoms with Gasteiger partial charge in [0.05, 0.1) is 5.54 Å². The second-order valence-electron chi connectivity index (χ2n) is 7.96. The average Bonchev–Trinajstić information content (AvgIpc) is 2.86. The van der Waals surface area contributed by atoms with Crippen molar-refractivity contribution in [3.8, 4) is 0 Å². The van der Waals surface area contributed by atoms with Crippen LogP contribution in [0.15, 0.2) is 11.2 Å². The van der Waals surface area contributed by atoms with Crippen molar-refractivity contribution >= 4 is 36.0 Å². The van der Waals surface area contributed by atoms with Crippen molar-refractivity contribution in [3.63, 3.8) is 0 Å². The molecule has 1 aromatic rings. The first kappa shape index (κ1) is 27.3. The molecular formula is C17H30F3IN6O2. The van der Waals surface area contributed by atoms with Crippen LogP contribution in [-0.2, 0) is 24.5 Å². The molecule has 1 heterocycles. The van der Waals surface area contributed by atoms with E-state index in [9.17, 15) is 18.0 Å². The molecule has 168 valence electrons. The van der Waals surface area contributed by atoms with Crippen LogP contribution in [-0.4, -0.2) is 46.6 Å². The van der Waals surface area contributed by atoms with Gasteiger partial charge in [-0.15, -0.1) is 24.0 Å². The van der Waals surface area contributed by atoms with Gasteiger partial charge in [-0.2, -0.15) is 18.3 Å². The Morgan fingerprint density at radius 2 is 1.79 bits per heavy atom. The fourth-order valence-corrected chi connectivity index (χ4v) is 2.23. The van der Waals surface area contributed by atoms with Crippen LogP contribution < -0.4 is 16.0 Å². The van der Waals surface area contributed by atoms with Gasteiger partial charge >= 0.3 is 12.3 Å². The third-order valence-corrected chi connectivity index (χ3v) is 3.38. The van der Waals surface area contributed by atoms with E-state index in [-0.39, 0.29) is 48.6 Å². The van der Waals surface area contributed by atoms with Gasteiger partial charge in [0, 0.05) is 38.9 Å². The molecule has 8 nitrogen and oxygen atoms in total. The molecule has 3 N–H and O–H groups in total. The molecule has 0 aliphatic heterocycles. The Kier molecular flexibility index (Phi) is 9.73. The summed E-state index contributed by atoms with van der Waals surface area (Å²) in [6.45, 7) is 9.00. The number of carbonyl (C=O) groups excluding carboxylic acids is 1. The maximum atomic E-state index is 13.0. The lowest BCUT2D eigenvalue weighted by atomic mass is 10.1. The number of amides is 1. The molecular weight excluding hydrogens is 504 g/mol. The highest BCUT2D eigenvalue weighted by Crippen LogP contribution is 2.30. The van der Waals surface area contributed by atoms with Crippen LogP contribution in [0, 0.1) is 0 Å². The number of nitrogens with one attached hydrogen (secondary N) is 3. The molecule has 0 saturated heterocycles. The number of aryl methyl sites for hydroxylation is 1. The monoisotopic (exact) mass is 534 g/mol. The molecule has 0 fully saturated rings. The van der Waals surface area contributed by atoms with Crippen LogP contribution in [0.1, 0.15) is 45.9 Å². The van der Waals surface area contributed by atoms with E-state index < -0.39 is 29.1 Å². The Labute approximate surface area is 186 Å². The summed E-state index contributed by atoms with van der Waals surface area (Å²) in [5.74, 6) is 0.288. The number of aromatic nitrogens is 2. The average molecular weight is 534 g/mol. The van der Waals surface area contributed by atoms with Crippen molar-refractivity contribution in [2.45, 2.75) is 58.5 Å². The first-order valence-corrected chi connectivity index (χ1v) is 8.68. The van der Waals surface area contributed by atoms with Crippen molar-refractivity contribution in [2.75, 3.05) is 13.6 Å². The molecule has 0 bridgehead atoms. The molecule has 0 aliphatic rings. The number of halogens is 4. The molecule has 29 heavy (non-hydrogen) atoms. The number of nitrogens with zero attached hydrogens (tertiary/aromatic N) is 3. The van der Waals surface area contributed by atoms with Crippen LogP contribution in [0.25, 0.3) is 0 Å². The predicted octanol–water partition coefficient (Wildman–Crippen LogP) is 3.03. The summed E-state index contributed by atoms with van der Waals surface area (Å²) in [5, 5.41) is 12.0. The van der Waals surface area contributed by atoms with E-state index in [0.717, 1.165) is 4.68 Å². The van der Waals surface area contributed by atoms with Gasteiger partial charge in [0.15, 0.2) is 11.7 Å². The zero-order valence-corrected chi connectivity index (χ0v) is 20.0. The van der Waals surface area contributed by atoms with Crippen LogP contribution >= 0.6 is 24.0 Å². The molecule has 0 spiro atoms. The van der Waals surface area contributed by atoms with Crippen molar-refractivity contribution in [3.05, 3.63) is 17.5 Å². The van der Waals surface area contributed by atoms with Gasteiger partial charge in [-0.25, -0.2) is 4.79 Å². The fourth-order valence-electron chi connectivity index (χ4n) is 2.23. The molecule has 0 atom stereocenters. The highest BCUT2D eigenvalue weighted by atomic mass is 127. The summed E-state index contributed by atoms with van der Waals surface area (Å²) in [6, 6.07) is 0. The standard InChI is InChI=1S/C17H29F3N6O2.HI/c1-15(2,3)28-14(27)24-16(4,5)10-23-13(21-6)22-8-11-9-26(7)25-12(11)17(18,19)20;/h9H,8,10H2,1-7H3,(H,24,27)(H2,21,22,23);1H. The van der Waals surface area contributed by atoms with Gasteiger partial charge in [0.25, 0.3) is 0 Å². The Morgan fingerprint density at radius 1 is 1.21 bits per heavy atom. The first-order valence-electron chi connectivity index (χ1n) is 8.68. The topological polar surface area (TPSA) is 92.6 Å². The van der Waals surface area contributed by atoms with E-state index in [4.69, 9.17) is 4.74 Å². The van der Waals surface area contributed by atoms with Gasteiger partial charge in [-0.1, -0.05) is 0 Å². The lowest BCUT2D eigenvalue weighted by Gasteiger charge is -2.29. The lowest BCUT2D eigenvalue weighted by molar-refractivity contribution is -0.142. The van der Waals surface area contributed by atoms with Crippen LogP contribution in [0.3, 0.4) is 0 Å². The SMILES string of the molecule is CN=C(NCc1cn(C)nc1C(F)(F)F)NCC(C)(C)NC(=O)OC(C)(C)C.I. The summed E-state index contributed by atoms with van der Waals surface area (Å²) in [7, 11) is 2.92. The highest BCUT2D eigenvalue weighted by molar-refractivity contribution is 14.0. The van der Waals surface area contributed by atoms with Crippen molar-refractivity contribution in [1.82, 2.24) is 25.7 Å². The van der Waals surface area contributed by atoms with E-state index in [2.05, 4.69) is 26.0 Å². The van der Waals surface area contributed by atoms with Crippen molar-refractivity contribution in [1.29, 1.82) is 0 Å². The summed E-state index contributed by atoms with van der Waals surface area (Å²) < 4.78 is 45.4. The number of ether oxygens (including phenoxy) is 1. The molecule has 0 unspecified atom stereocenters. The van der Waals surface area contributed by atoms with Gasteiger partial charge in [-0.05, 0) is 34.6 Å². The molecule has 0 aliphatic carbocycles. The normalized spacial score (nSPS) is 12.8. The van der Waals surface area contributed by atoms with Crippen LogP contribution in [0.5, 0.6) is 0 Å². The summed E-state index contributed by atoms with van der Waals surface area (Å²) in [5.41, 5.74) is -2.25. The lowest BCUT2D eigenvalue weighted by Crippen LogP contribution is -2.54. The molecule has 0 aromatic carbocycles. The van der Waals surface area contributed by atoms with E-state index in [1.165, 1.54) is 20.3 Å². The fraction of sp³-hybridized carbons (Fsp3) is 0.706. The number of hydrogen-bond acceptors (Lipinski definition) is 4. The van der Waals surface area contributed by atoms with Crippen molar-refractivity contribution < 1.29 is 22.7 Å².